The van der Waals surface area contributed by atoms with Crippen LogP contribution in [-0.2, 0) is 17.0 Å². The first kappa shape index (κ1) is 20.0. The van der Waals surface area contributed by atoms with E-state index in [0.29, 0.717) is 23.5 Å². The molecular weight excluding hydrogens is 412 g/mol. The second kappa shape index (κ2) is 8.62. The molecular formula is C20H17F2N5O2S. The molecule has 0 aliphatic rings. The molecule has 4 rings (SSSR count). The van der Waals surface area contributed by atoms with Crippen LogP contribution in [0.5, 0.6) is 0 Å². The number of nitrogens with zero attached hydrogens (tertiary/aromatic N) is 3. The zero-order valence-corrected chi connectivity index (χ0v) is 16.7. The molecule has 30 heavy (non-hydrogen) atoms. The van der Waals surface area contributed by atoms with Crippen LogP contribution in [0, 0.1) is 18.6 Å². The van der Waals surface area contributed by atoms with Gasteiger partial charge in [-0.2, -0.15) is 4.98 Å². The fraction of sp³-hybridized carbons (Fsp3) is 0.200. The third kappa shape index (κ3) is 4.82. The molecule has 0 unspecified atom stereocenters. The molecule has 2 heterocycles. The molecule has 2 aromatic heterocycles. The van der Waals surface area contributed by atoms with E-state index in [9.17, 15) is 13.6 Å². The predicted molar refractivity (Wildman–Crippen MR) is 108 cm³/mol. The minimum Gasteiger partial charge on any atom is -0.339 e. The van der Waals surface area contributed by atoms with Crippen LogP contribution in [0.15, 0.2) is 46.1 Å². The molecule has 4 aromatic rings. The summed E-state index contributed by atoms with van der Waals surface area (Å²) in [5.74, 6) is -0.736. The predicted octanol–water partition coefficient (Wildman–Crippen LogP) is 4.40. The molecule has 154 valence electrons. The monoisotopic (exact) mass is 429 g/mol. The summed E-state index contributed by atoms with van der Waals surface area (Å²) in [7, 11) is 0. The van der Waals surface area contributed by atoms with Crippen LogP contribution < -0.4 is 5.32 Å². The number of aromatic amines is 1. The van der Waals surface area contributed by atoms with E-state index in [4.69, 9.17) is 4.52 Å². The minimum absolute atomic E-state index is 0.0223. The van der Waals surface area contributed by atoms with Gasteiger partial charge in [-0.3, -0.25) is 4.79 Å². The Bertz CT molecular complexity index is 1210. The smallest absolute Gasteiger partial charge is 0.227 e. The number of benzene rings is 2. The quantitative estimate of drug-likeness (QED) is 0.423. The number of imidazole rings is 1. The summed E-state index contributed by atoms with van der Waals surface area (Å²) in [4.78, 5) is 24.0. The molecule has 10 heteroatoms. The number of rotatable bonds is 7. The Kier molecular flexibility index (Phi) is 5.75. The van der Waals surface area contributed by atoms with Gasteiger partial charge in [0, 0.05) is 18.9 Å². The number of nitrogens with one attached hydrogen (secondary N) is 2. The average molecular weight is 429 g/mol. The van der Waals surface area contributed by atoms with Crippen molar-refractivity contribution in [2.75, 3.05) is 5.32 Å². The minimum atomic E-state index is -0.832. The van der Waals surface area contributed by atoms with E-state index in [1.807, 2.05) is 25.1 Å². The Morgan fingerprint density at radius 3 is 2.90 bits per heavy atom. The molecule has 2 N–H and O–H groups in total. The summed E-state index contributed by atoms with van der Waals surface area (Å²) >= 11 is 1.44. The van der Waals surface area contributed by atoms with Crippen molar-refractivity contribution in [1.29, 1.82) is 0 Å². The Hall–Kier alpha value is -3.27. The van der Waals surface area contributed by atoms with Crippen molar-refractivity contribution in [2.24, 2.45) is 0 Å². The van der Waals surface area contributed by atoms with E-state index in [1.165, 1.54) is 17.8 Å². The molecule has 0 spiro atoms. The van der Waals surface area contributed by atoms with Crippen LogP contribution in [0.1, 0.15) is 23.7 Å². The maximum atomic E-state index is 13.6. The Balaban J connectivity index is 1.28. The zero-order valence-electron chi connectivity index (χ0n) is 15.9. The lowest BCUT2D eigenvalue weighted by atomic mass is 10.2. The number of anilines is 1. The van der Waals surface area contributed by atoms with Gasteiger partial charge < -0.3 is 14.8 Å². The van der Waals surface area contributed by atoms with Gasteiger partial charge in [-0.05, 0) is 36.8 Å². The maximum absolute atomic E-state index is 13.6. The van der Waals surface area contributed by atoms with Crippen LogP contribution in [0.4, 0.5) is 14.5 Å². The number of fused-ring (bicyclic) bond motifs is 1. The van der Waals surface area contributed by atoms with Crippen molar-refractivity contribution < 1.29 is 18.1 Å². The van der Waals surface area contributed by atoms with E-state index in [0.717, 1.165) is 27.8 Å². The van der Waals surface area contributed by atoms with Crippen LogP contribution in [0.25, 0.3) is 11.0 Å². The van der Waals surface area contributed by atoms with E-state index < -0.39 is 17.5 Å². The van der Waals surface area contributed by atoms with Gasteiger partial charge in [-0.25, -0.2) is 13.8 Å². The normalized spacial score (nSPS) is 11.2. The number of hydrogen-bond acceptors (Lipinski definition) is 6. The molecule has 7 nitrogen and oxygen atoms in total. The van der Waals surface area contributed by atoms with Gasteiger partial charge in [0.05, 0.1) is 22.5 Å². The summed E-state index contributed by atoms with van der Waals surface area (Å²) in [5.41, 5.74) is 2.93. The Morgan fingerprint density at radius 2 is 2.07 bits per heavy atom. The van der Waals surface area contributed by atoms with Crippen molar-refractivity contribution >= 4 is 34.4 Å². The van der Waals surface area contributed by atoms with Crippen molar-refractivity contribution in [1.82, 2.24) is 20.1 Å². The van der Waals surface area contributed by atoms with E-state index >= 15 is 0 Å². The molecule has 0 saturated carbocycles. The van der Waals surface area contributed by atoms with Gasteiger partial charge in [-0.15, -0.1) is 0 Å². The number of aryl methyl sites for hydroxylation is 2. The third-order valence-electron chi connectivity index (χ3n) is 4.23. The molecule has 2 aromatic carbocycles. The topological polar surface area (TPSA) is 96.7 Å². The van der Waals surface area contributed by atoms with Gasteiger partial charge >= 0.3 is 0 Å². The summed E-state index contributed by atoms with van der Waals surface area (Å²) in [6.45, 7) is 2.02. The number of carbonyl (C=O) groups is 1. The van der Waals surface area contributed by atoms with Gasteiger partial charge in [0.2, 0.25) is 11.8 Å². The molecule has 0 bridgehead atoms. The number of H-pyrrole nitrogens is 1. The van der Waals surface area contributed by atoms with Gasteiger partial charge in [0.15, 0.2) is 11.0 Å². The standard InChI is InChI=1S/C20H17F2N5O2S/c1-11-2-4-15-16(8-11)25-20(24-15)30-10-17-26-19(29-27-17)7-6-18(28)23-14-5-3-12(21)9-13(14)22/h2-5,8-9H,6-7,10H2,1H3,(H,23,28)(H,24,25). The van der Waals surface area contributed by atoms with E-state index in [1.54, 1.807) is 0 Å². The lowest BCUT2D eigenvalue weighted by Gasteiger charge is -2.05. The first-order valence-corrected chi connectivity index (χ1v) is 10.1. The lowest BCUT2D eigenvalue weighted by Crippen LogP contribution is -2.13. The molecule has 0 atom stereocenters. The number of carbonyl (C=O) groups excluding carboxylic acids is 1. The number of aromatic nitrogens is 4. The fourth-order valence-corrected chi connectivity index (χ4v) is 3.50. The van der Waals surface area contributed by atoms with Crippen LogP contribution in [-0.4, -0.2) is 26.0 Å². The van der Waals surface area contributed by atoms with Crippen molar-refractivity contribution in [3.05, 3.63) is 65.3 Å². The van der Waals surface area contributed by atoms with Gasteiger partial charge in [0.1, 0.15) is 11.6 Å². The molecule has 1 amide bonds. The summed E-state index contributed by atoms with van der Waals surface area (Å²) in [6, 6.07) is 8.94. The highest BCUT2D eigenvalue weighted by atomic mass is 32.2. The maximum Gasteiger partial charge on any atom is 0.227 e. The largest absolute Gasteiger partial charge is 0.339 e. The summed E-state index contributed by atoms with van der Waals surface area (Å²) in [6.07, 6.45) is 0.227. The number of thioether (sulfide) groups is 1. The Morgan fingerprint density at radius 1 is 1.20 bits per heavy atom. The highest BCUT2D eigenvalue weighted by Gasteiger charge is 2.13. The first-order chi connectivity index (χ1) is 14.5. The summed E-state index contributed by atoms with van der Waals surface area (Å²) in [5, 5.41) is 7.05. The van der Waals surface area contributed by atoms with Crippen LogP contribution >= 0.6 is 11.8 Å². The van der Waals surface area contributed by atoms with E-state index in [2.05, 4.69) is 25.4 Å². The Labute approximate surface area is 174 Å². The molecule has 0 aliphatic carbocycles. The highest BCUT2D eigenvalue weighted by Crippen LogP contribution is 2.23. The molecule has 0 fully saturated rings. The lowest BCUT2D eigenvalue weighted by molar-refractivity contribution is -0.116. The van der Waals surface area contributed by atoms with Gasteiger partial charge in [0.25, 0.3) is 0 Å². The fourth-order valence-electron chi connectivity index (χ4n) is 2.78. The molecule has 0 aliphatic heterocycles. The zero-order chi connectivity index (χ0) is 21.1. The third-order valence-corrected chi connectivity index (χ3v) is 5.10. The van der Waals surface area contributed by atoms with Crippen molar-refractivity contribution in [3.63, 3.8) is 0 Å². The number of halogens is 2. The molecule has 0 saturated heterocycles. The van der Waals surface area contributed by atoms with Gasteiger partial charge in [-0.1, -0.05) is 23.0 Å². The SMILES string of the molecule is Cc1ccc2nc(SCc3noc(CCC(=O)Nc4ccc(F)cc4F)n3)[nH]c2c1. The average Bonchev–Trinajstić information content (AvgIpc) is 3.33. The summed E-state index contributed by atoms with van der Waals surface area (Å²) < 4.78 is 31.7. The second-order valence-corrected chi connectivity index (χ2v) is 7.59. The number of hydrogen-bond donors (Lipinski definition) is 2. The van der Waals surface area contributed by atoms with E-state index in [-0.39, 0.29) is 18.5 Å². The highest BCUT2D eigenvalue weighted by molar-refractivity contribution is 7.98. The van der Waals surface area contributed by atoms with Crippen LogP contribution in [0.3, 0.4) is 0 Å². The van der Waals surface area contributed by atoms with Crippen LogP contribution in [0.2, 0.25) is 0 Å². The molecule has 0 radical (unpaired) electrons. The van der Waals surface area contributed by atoms with Crippen molar-refractivity contribution in [3.8, 4) is 0 Å². The number of amides is 1. The van der Waals surface area contributed by atoms with Crippen molar-refractivity contribution in [2.45, 2.75) is 30.7 Å². The first-order valence-electron chi connectivity index (χ1n) is 9.12. The second-order valence-electron chi connectivity index (χ2n) is 6.63.